The van der Waals surface area contributed by atoms with Gasteiger partial charge in [0.15, 0.2) is 0 Å². The molecule has 0 unspecified atom stereocenters. The van der Waals surface area contributed by atoms with E-state index in [9.17, 15) is 0 Å². The first kappa shape index (κ1) is 15.4. The summed E-state index contributed by atoms with van der Waals surface area (Å²) in [6, 6.07) is 29.4. The maximum Gasteiger partial charge on any atom is 0.0412 e. The topological polar surface area (TPSA) is 0 Å². The minimum atomic E-state index is 0.754. The van der Waals surface area contributed by atoms with Crippen LogP contribution in [0, 0.1) is 0 Å². The number of fused-ring (bicyclic) bond motifs is 1. The van der Waals surface area contributed by atoms with E-state index < -0.39 is 0 Å². The first-order valence-electron chi connectivity index (χ1n) is 7.75. The maximum absolute atomic E-state index is 6.22. The molecule has 0 saturated carbocycles. The van der Waals surface area contributed by atoms with Crippen LogP contribution in [0.4, 0.5) is 0 Å². The van der Waals surface area contributed by atoms with Gasteiger partial charge in [-0.2, -0.15) is 0 Å². The van der Waals surface area contributed by atoms with Gasteiger partial charge in [0.05, 0.1) is 0 Å². The van der Waals surface area contributed by atoms with Crippen LogP contribution in [-0.4, -0.2) is 0 Å². The third-order valence-electron chi connectivity index (χ3n) is 4.16. The highest BCUT2D eigenvalue weighted by atomic mass is 79.9. The molecule has 0 saturated heterocycles. The molecule has 24 heavy (non-hydrogen) atoms. The molecule has 0 aliphatic carbocycles. The minimum Gasteiger partial charge on any atom is -0.0843 e. The van der Waals surface area contributed by atoms with Gasteiger partial charge < -0.3 is 0 Å². The van der Waals surface area contributed by atoms with E-state index in [1.54, 1.807) is 0 Å². The molecule has 0 radical (unpaired) electrons. The summed E-state index contributed by atoms with van der Waals surface area (Å²) in [5.41, 5.74) is 4.73. The Hall–Kier alpha value is -2.09. The van der Waals surface area contributed by atoms with E-state index in [-0.39, 0.29) is 0 Å². The van der Waals surface area contributed by atoms with Gasteiger partial charge in [-0.05, 0) is 69.4 Å². The molecule has 4 aromatic carbocycles. The van der Waals surface area contributed by atoms with Crippen LogP contribution >= 0.6 is 27.5 Å². The van der Waals surface area contributed by atoms with Gasteiger partial charge in [0.2, 0.25) is 0 Å². The van der Waals surface area contributed by atoms with Gasteiger partial charge >= 0.3 is 0 Å². The zero-order chi connectivity index (χ0) is 16.5. The zero-order valence-electron chi connectivity index (χ0n) is 12.8. The van der Waals surface area contributed by atoms with Crippen molar-refractivity contribution in [2.75, 3.05) is 0 Å². The van der Waals surface area contributed by atoms with Crippen LogP contribution in [0.3, 0.4) is 0 Å². The lowest BCUT2D eigenvalue weighted by Gasteiger charge is -2.12. The van der Waals surface area contributed by atoms with Gasteiger partial charge in [-0.25, -0.2) is 0 Å². The van der Waals surface area contributed by atoms with Gasteiger partial charge in [0, 0.05) is 9.50 Å². The van der Waals surface area contributed by atoms with Crippen molar-refractivity contribution in [1.29, 1.82) is 0 Å². The average molecular weight is 394 g/mol. The molecule has 0 bridgehead atoms. The van der Waals surface area contributed by atoms with Crippen LogP contribution in [0.25, 0.3) is 33.0 Å². The van der Waals surface area contributed by atoms with Crippen molar-refractivity contribution in [1.82, 2.24) is 0 Å². The summed E-state index contributed by atoms with van der Waals surface area (Å²) in [5.74, 6) is 0. The Balaban J connectivity index is 2.01. The molecule has 0 N–H and O–H groups in total. The minimum absolute atomic E-state index is 0.754. The number of hydrogen-bond acceptors (Lipinski definition) is 0. The molecule has 0 fully saturated rings. The van der Waals surface area contributed by atoms with Crippen molar-refractivity contribution in [3.8, 4) is 22.3 Å². The molecule has 2 heteroatoms. The summed E-state index contributed by atoms with van der Waals surface area (Å²) in [6.45, 7) is 0. The van der Waals surface area contributed by atoms with Crippen LogP contribution in [0.5, 0.6) is 0 Å². The second-order valence-corrected chi connectivity index (χ2v) is 7.12. The summed E-state index contributed by atoms with van der Waals surface area (Å²) < 4.78 is 1.08. The summed E-state index contributed by atoms with van der Waals surface area (Å²) in [6.07, 6.45) is 0. The number of hydrogen-bond donors (Lipinski definition) is 0. The van der Waals surface area contributed by atoms with E-state index in [0.29, 0.717) is 0 Å². The summed E-state index contributed by atoms with van der Waals surface area (Å²) >= 11 is 9.78. The molecule has 0 aromatic heterocycles. The Labute approximate surface area is 154 Å². The molecule has 4 aromatic rings. The van der Waals surface area contributed by atoms with Crippen LogP contribution < -0.4 is 0 Å². The Morgan fingerprint density at radius 2 is 1.42 bits per heavy atom. The number of rotatable bonds is 2. The molecule has 116 valence electrons. The number of benzene rings is 4. The van der Waals surface area contributed by atoms with Crippen molar-refractivity contribution >= 4 is 38.3 Å². The van der Waals surface area contributed by atoms with Crippen molar-refractivity contribution < 1.29 is 0 Å². The zero-order valence-corrected chi connectivity index (χ0v) is 15.2. The highest BCUT2D eigenvalue weighted by Gasteiger charge is 2.08. The largest absolute Gasteiger partial charge is 0.0843 e. The summed E-state index contributed by atoms with van der Waals surface area (Å²) in [7, 11) is 0. The first-order valence-corrected chi connectivity index (χ1v) is 8.92. The smallest absolute Gasteiger partial charge is 0.0412 e. The molecule has 0 spiro atoms. The van der Waals surface area contributed by atoms with Crippen molar-refractivity contribution in [2.24, 2.45) is 0 Å². The lowest BCUT2D eigenvalue weighted by molar-refractivity contribution is 1.59. The van der Waals surface area contributed by atoms with Crippen molar-refractivity contribution in [3.63, 3.8) is 0 Å². The van der Waals surface area contributed by atoms with E-state index in [2.05, 4.69) is 76.6 Å². The van der Waals surface area contributed by atoms with Gasteiger partial charge in [-0.15, -0.1) is 0 Å². The summed E-state index contributed by atoms with van der Waals surface area (Å²) in [5, 5.41) is 3.22. The quantitative estimate of drug-likeness (QED) is 0.329. The molecule has 0 heterocycles. The molecule has 0 aliphatic rings. The van der Waals surface area contributed by atoms with Crippen LogP contribution in [0.1, 0.15) is 0 Å². The molecular formula is C22H14BrCl. The standard InChI is InChI=1S/C22H14BrCl/c23-19-8-3-6-15(12-19)18-11-16-5-1-2-10-21(16)22(14-18)17-7-4-9-20(24)13-17/h1-14H. The predicted molar refractivity (Wildman–Crippen MR) is 108 cm³/mol. The van der Waals surface area contributed by atoms with Gasteiger partial charge in [-0.1, -0.05) is 76.1 Å². The Morgan fingerprint density at radius 3 is 2.25 bits per heavy atom. The fourth-order valence-electron chi connectivity index (χ4n) is 3.04. The van der Waals surface area contributed by atoms with E-state index in [4.69, 9.17) is 11.6 Å². The molecule has 0 aliphatic heterocycles. The average Bonchev–Trinajstić information content (AvgIpc) is 2.61. The van der Waals surface area contributed by atoms with Gasteiger partial charge in [-0.3, -0.25) is 0 Å². The fraction of sp³-hybridized carbons (Fsp3) is 0. The Kier molecular flexibility index (Phi) is 4.13. The maximum atomic E-state index is 6.22. The number of halogens is 2. The van der Waals surface area contributed by atoms with Crippen LogP contribution in [0.15, 0.2) is 89.4 Å². The van der Waals surface area contributed by atoms with Crippen LogP contribution in [0.2, 0.25) is 5.02 Å². The Bertz CT molecular complexity index is 1040. The molecular weight excluding hydrogens is 380 g/mol. The molecule has 0 atom stereocenters. The van der Waals surface area contributed by atoms with E-state index in [0.717, 1.165) is 15.1 Å². The predicted octanol–water partition coefficient (Wildman–Crippen LogP) is 7.59. The SMILES string of the molecule is Clc1cccc(-c2cc(-c3cccc(Br)c3)cc3ccccc23)c1. The molecule has 0 nitrogen and oxygen atoms in total. The molecule has 4 rings (SSSR count). The monoisotopic (exact) mass is 392 g/mol. The third-order valence-corrected chi connectivity index (χ3v) is 4.88. The lowest BCUT2D eigenvalue weighted by atomic mass is 9.93. The van der Waals surface area contributed by atoms with Gasteiger partial charge in [0.25, 0.3) is 0 Å². The second-order valence-electron chi connectivity index (χ2n) is 5.77. The normalized spacial score (nSPS) is 10.9. The van der Waals surface area contributed by atoms with Crippen molar-refractivity contribution in [3.05, 3.63) is 94.4 Å². The van der Waals surface area contributed by atoms with E-state index in [1.165, 1.54) is 27.5 Å². The molecule has 0 amide bonds. The van der Waals surface area contributed by atoms with Crippen molar-refractivity contribution in [2.45, 2.75) is 0 Å². The van der Waals surface area contributed by atoms with Crippen LogP contribution in [-0.2, 0) is 0 Å². The van der Waals surface area contributed by atoms with E-state index >= 15 is 0 Å². The first-order chi connectivity index (χ1) is 11.7. The third kappa shape index (κ3) is 2.98. The highest BCUT2D eigenvalue weighted by molar-refractivity contribution is 9.10. The highest BCUT2D eigenvalue weighted by Crippen LogP contribution is 2.35. The summed E-state index contributed by atoms with van der Waals surface area (Å²) in [4.78, 5) is 0. The fourth-order valence-corrected chi connectivity index (χ4v) is 3.63. The Morgan fingerprint density at radius 1 is 0.625 bits per heavy atom. The van der Waals surface area contributed by atoms with Gasteiger partial charge in [0.1, 0.15) is 0 Å². The van der Waals surface area contributed by atoms with E-state index in [1.807, 2.05) is 24.3 Å². The second kappa shape index (κ2) is 6.43. The lowest BCUT2D eigenvalue weighted by Crippen LogP contribution is -1.85.